The Morgan fingerprint density at radius 3 is 2.22 bits per heavy atom. The van der Waals surface area contributed by atoms with Crippen LogP contribution in [0.2, 0.25) is 5.02 Å². The average molecular weight is 485 g/mol. The number of rotatable bonds is 11. The summed E-state index contributed by atoms with van der Waals surface area (Å²) in [4.78, 5) is 12.4. The molecule has 0 aliphatic heterocycles. The van der Waals surface area contributed by atoms with Gasteiger partial charge in [-0.15, -0.1) is 0 Å². The molecule has 0 radical (unpaired) electrons. The highest BCUT2D eigenvalue weighted by Gasteiger charge is 2.19. The number of carbonyl (C=O) groups is 1. The van der Waals surface area contributed by atoms with Crippen molar-refractivity contribution in [2.24, 2.45) is 0 Å². The summed E-state index contributed by atoms with van der Waals surface area (Å²) in [5, 5.41) is 3.23. The van der Waals surface area contributed by atoms with Crippen LogP contribution in [0.5, 0.6) is 17.2 Å². The van der Waals surface area contributed by atoms with Crippen LogP contribution in [0.4, 0.5) is 5.69 Å². The van der Waals surface area contributed by atoms with Crippen LogP contribution in [0.15, 0.2) is 36.4 Å². The number of amides is 1. The molecule has 0 saturated carbocycles. The predicted octanol–water partition coefficient (Wildman–Crippen LogP) is 3.79. The molecule has 0 unspecified atom stereocenters. The zero-order chi connectivity index (χ0) is 23.9. The van der Waals surface area contributed by atoms with E-state index in [9.17, 15) is 13.2 Å². The van der Waals surface area contributed by atoms with Crippen LogP contribution in [0.1, 0.15) is 31.4 Å². The molecule has 0 aliphatic carbocycles. The number of halogens is 1. The molecule has 8 nitrogen and oxygen atoms in total. The SMILES string of the molecule is COc1ccc(N(CCCC(=O)N[C@H](C)c2ccc(OC)c(OC)c2)S(C)(=O)=O)cc1Cl. The first-order valence-corrected chi connectivity index (χ1v) is 12.2. The van der Waals surface area contributed by atoms with E-state index in [1.165, 1.54) is 17.5 Å². The summed E-state index contributed by atoms with van der Waals surface area (Å²) >= 11 is 6.14. The molecule has 0 aromatic heterocycles. The Labute approximate surface area is 194 Å². The molecule has 1 atom stereocenters. The second-order valence-electron chi connectivity index (χ2n) is 7.16. The number of nitrogens with zero attached hydrogens (tertiary/aromatic N) is 1. The molecule has 1 amide bonds. The van der Waals surface area contributed by atoms with Crippen molar-refractivity contribution >= 4 is 33.2 Å². The predicted molar refractivity (Wildman–Crippen MR) is 126 cm³/mol. The first kappa shape index (κ1) is 25.6. The lowest BCUT2D eigenvalue weighted by molar-refractivity contribution is -0.121. The van der Waals surface area contributed by atoms with Gasteiger partial charge in [-0.25, -0.2) is 8.42 Å². The summed E-state index contributed by atoms with van der Waals surface area (Å²) in [6.45, 7) is 2.00. The summed E-state index contributed by atoms with van der Waals surface area (Å²) in [7, 11) is 1.03. The van der Waals surface area contributed by atoms with Gasteiger partial charge in [-0.2, -0.15) is 0 Å². The van der Waals surface area contributed by atoms with Gasteiger partial charge in [-0.3, -0.25) is 9.10 Å². The Balaban J connectivity index is 1.99. The van der Waals surface area contributed by atoms with Crippen molar-refractivity contribution in [2.45, 2.75) is 25.8 Å². The number of anilines is 1. The monoisotopic (exact) mass is 484 g/mol. The normalized spacial score (nSPS) is 12.1. The molecule has 0 spiro atoms. The molecule has 0 heterocycles. The highest BCUT2D eigenvalue weighted by Crippen LogP contribution is 2.31. The number of hydrogen-bond acceptors (Lipinski definition) is 6. The van der Waals surface area contributed by atoms with Crippen LogP contribution in [0, 0.1) is 0 Å². The third-order valence-corrected chi connectivity index (χ3v) is 6.36. The summed E-state index contributed by atoms with van der Waals surface area (Å²) in [5.41, 5.74) is 1.28. The van der Waals surface area contributed by atoms with Gasteiger partial charge in [0.15, 0.2) is 11.5 Å². The summed E-state index contributed by atoms with van der Waals surface area (Å²) in [6, 6.07) is 9.93. The smallest absolute Gasteiger partial charge is 0.232 e. The van der Waals surface area contributed by atoms with E-state index in [1.54, 1.807) is 32.4 Å². The number of ether oxygens (including phenoxy) is 3. The lowest BCUT2D eigenvalue weighted by atomic mass is 10.1. The maximum atomic E-state index is 12.4. The Morgan fingerprint density at radius 2 is 1.66 bits per heavy atom. The topological polar surface area (TPSA) is 94.2 Å². The van der Waals surface area contributed by atoms with Crippen molar-refractivity contribution in [3.05, 3.63) is 47.0 Å². The van der Waals surface area contributed by atoms with Crippen molar-refractivity contribution < 1.29 is 27.4 Å². The van der Waals surface area contributed by atoms with Gasteiger partial charge < -0.3 is 19.5 Å². The fourth-order valence-corrected chi connectivity index (χ4v) is 4.41. The molecule has 176 valence electrons. The number of hydrogen-bond donors (Lipinski definition) is 1. The summed E-state index contributed by atoms with van der Waals surface area (Å²) < 4.78 is 41.4. The summed E-state index contributed by atoms with van der Waals surface area (Å²) in [5.74, 6) is 1.45. The number of carbonyl (C=O) groups excluding carboxylic acids is 1. The van der Waals surface area contributed by atoms with Crippen LogP contribution in [-0.4, -0.2) is 48.5 Å². The van der Waals surface area contributed by atoms with Crippen molar-refractivity contribution in [3.8, 4) is 17.2 Å². The van der Waals surface area contributed by atoms with Crippen molar-refractivity contribution in [1.82, 2.24) is 5.32 Å². The third-order valence-electron chi connectivity index (χ3n) is 4.87. The van der Waals surface area contributed by atoms with Gasteiger partial charge in [0.05, 0.1) is 44.3 Å². The molecule has 0 bridgehead atoms. The Hall–Kier alpha value is -2.65. The standard InChI is InChI=1S/C22H29ClN2O6S/c1-15(16-8-10-20(30-3)21(13-16)31-4)24-22(26)7-6-12-25(32(5,27)28)17-9-11-19(29-2)18(23)14-17/h8-11,13-15H,6-7,12H2,1-5H3,(H,24,26)/t15-/m1/s1. The van der Waals surface area contributed by atoms with Crippen molar-refractivity contribution in [2.75, 3.05) is 38.4 Å². The van der Waals surface area contributed by atoms with Crippen LogP contribution in [-0.2, 0) is 14.8 Å². The van der Waals surface area contributed by atoms with E-state index in [-0.39, 0.29) is 24.9 Å². The molecule has 2 aromatic carbocycles. The lowest BCUT2D eigenvalue weighted by Gasteiger charge is -2.23. The number of benzene rings is 2. The molecule has 32 heavy (non-hydrogen) atoms. The van der Waals surface area contributed by atoms with Gasteiger partial charge in [-0.1, -0.05) is 17.7 Å². The van der Waals surface area contributed by atoms with Gasteiger partial charge >= 0.3 is 0 Å². The summed E-state index contributed by atoms with van der Waals surface area (Å²) in [6.07, 6.45) is 1.61. The second kappa shape index (κ2) is 11.3. The molecule has 0 aliphatic rings. The Kier molecular flexibility index (Phi) is 9.03. The second-order valence-corrected chi connectivity index (χ2v) is 9.48. The fraction of sp³-hybridized carbons (Fsp3) is 0.409. The average Bonchev–Trinajstić information content (AvgIpc) is 2.75. The number of methoxy groups -OCH3 is 3. The maximum absolute atomic E-state index is 12.4. The van der Waals surface area contributed by atoms with E-state index in [4.69, 9.17) is 25.8 Å². The van der Waals surface area contributed by atoms with Crippen LogP contribution >= 0.6 is 11.6 Å². The van der Waals surface area contributed by atoms with Crippen LogP contribution in [0.3, 0.4) is 0 Å². The van der Waals surface area contributed by atoms with E-state index in [0.717, 1.165) is 11.8 Å². The third kappa shape index (κ3) is 6.67. The van der Waals surface area contributed by atoms with Gasteiger partial charge in [0.1, 0.15) is 5.75 Å². The minimum absolute atomic E-state index is 0.139. The highest BCUT2D eigenvalue weighted by atomic mass is 35.5. The number of nitrogens with one attached hydrogen (secondary N) is 1. The van der Waals surface area contributed by atoms with E-state index in [1.807, 2.05) is 19.1 Å². The zero-order valence-electron chi connectivity index (χ0n) is 18.8. The minimum Gasteiger partial charge on any atom is -0.495 e. The molecule has 0 saturated heterocycles. The molecular formula is C22H29ClN2O6S. The molecule has 2 aromatic rings. The zero-order valence-corrected chi connectivity index (χ0v) is 20.4. The molecular weight excluding hydrogens is 456 g/mol. The van der Waals surface area contributed by atoms with Crippen LogP contribution < -0.4 is 23.8 Å². The molecule has 0 fully saturated rings. The highest BCUT2D eigenvalue weighted by molar-refractivity contribution is 7.92. The van der Waals surface area contributed by atoms with Gasteiger partial charge in [0.2, 0.25) is 15.9 Å². The van der Waals surface area contributed by atoms with E-state index < -0.39 is 10.0 Å². The van der Waals surface area contributed by atoms with Gasteiger partial charge in [0.25, 0.3) is 0 Å². The quantitative estimate of drug-likeness (QED) is 0.521. The molecule has 1 N–H and O–H groups in total. The van der Waals surface area contributed by atoms with Gasteiger partial charge in [0, 0.05) is 13.0 Å². The Bertz CT molecular complexity index is 1040. The maximum Gasteiger partial charge on any atom is 0.232 e. The van der Waals surface area contributed by atoms with Crippen molar-refractivity contribution in [3.63, 3.8) is 0 Å². The van der Waals surface area contributed by atoms with Crippen LogP contribution in [0.25, 0.3) is 0 Å². The first-order chi connectivity index (χ1) is 15.1. The van der Waals surface area contributed by atoms with Gasteiger partial charge in [-0.05, 0) is 49.2 Å². The lowest BCUT2D eigenvalue weighted by Crippen LogP contribution is -2.32. The number of sulfonamides is 1. The largest absolute Gasteiger partial charge is 0.495 e. The Morgan fingerprint density at radius 1 is 1.03 bits per heavy atom. The van der Waals surface area contributed by atoms with E-state index >= 15 is 0 Å². The molecule has 10 heteroatoms. The first-order valence-electron chi connectivity index (χ1n) is 9.93. The molecule has 2 rings (SSSR count). The fourth-order valence-electron chi connectivity index (χ4n) is 3.20. The van der Waals surface area contributed by atoms with E-state index in [0.29, 0.717) is 34.4 Å². The minimum atomic E-state index is -3.56. The van der Waals surface area contributed by atoms with Crippen molar-refractivity contribution in [1.29, 1.82) is 0 Å². The van der Waals surface area contributed by atoms with E-state index in [2.05, 4.69) is 5.32 Å².